The fourth-order valence-corrected chi connectivity index (χ4v) is 1.28. The van der Waals surface area contributed by atoms with E-state index in [1.54, 1.807) is 0 Å². The molecule has 1 aromatic carbocycles. The Morgan fingerprint density at radius 1 is 1.31 bits per heavy atom. The maximum Gasteiger partial charge on any atom is 1.00 e. The molecule has 1 aliphatic rings. The van der Waals surface area contributed by atoms with Crippen LogP contribution in [0, 0.1) is 0 Å². The van der Waals surface area contributed by atoms with Crippen LogP contribution in [0.1, 0.15) is 7.85 Å². The summed E-state index contributed by atoms with van der Waals surface area (Å²) in [7, 11) is 0. The van der Waals surface area contributed by atoms with Gasteiger partial charge in [-0.05, 0) is 12.1 Å². The second-order valence-corrected chi connectivity index (χ2v) is 2.77. The van der Waals surface area contributed by atoms with Crippen LogP contribution in [-0.2, 0) is 4.79 Å². The minimum absolute atomic E-state index is 0. The summed E-state index contributed by atoms with van der Waals surface area (Å²) < 4.78 is 0. The number of amides is 1. The van der Waals surface area contributed by atoms with Gasteiger partial charge in [0.25, 0.3) is 0 Å². The van der Waals surface area contributed by atoms with Crippen LogP contribution in [0.3, 0.4) is 0 Å². The van der Waals surface area contributed by atoms with Gasteiger partial charge in [0.2, 0.25) is 5.91 Å². The van der Waals surface area contributed by atoms with Gasteiger partial charge in [0.1, 0.15) is 0 Å². The standard InChI is InChI=1S/C9H10N2O.Na.H/c12-9-6-7-11(10-9)8-4-2-1-3-5-8;;/h1-5H,6-7H2,(H,10,12);;/q;+1;-1. The van der Waals surface area contributed by atoms with E-state index in [1.165, 1.54) is 0 Å². The summed E-state index contributed by atoms with van der Waals surface area (Å²) >= 11 is 0. The van der Waals surface area contributed by atoms with Gasteiger partial charge in [0.15, 0.2) is 0 Å². The van der Waals surface area contributed by atoms with E-state index in [9.17, 15) is 4.79 Å². The van der Waals surface area contributed by atoms with E-state index >= 15 is 0 Å². The molecule has 1 N–H and O–H groups in total. The summed E-state index contributed by atoms with van der Waals surface area (Å²) in [4.78, 5) is 10.9. The summed E-state index contributed by atoms with van der Waals surface area (Å²) in [5.74, 6) is 0.0962. The van der Waals surface area contributed by atoms with Crippen LogP contribution in [0.2, 0.25) is 0 Å². The van der Waals surface area contributed by atoms with Gasteiger partial charge in [-0.25, -0.2) is 0 Å². The van der Waals surface area contributed by atoms with E-state index < -0.39 is 0 Å². The third-order valence-corrected chi connectivity index (χ3v) is 1.89. The third kappa shape index (κ3) is 2.46. The van der Waals surface area contributed by atoms with Gasteiger partial charge in [-0.2, -0.15) is 0 Å². The Bertz CT molecular complexity index is 294. The molecule has 0 spiro atoms. The van der Waals surface area contributed by atoms with Gasteiger partial charge in [0.05, 0.1) is 5.69 Å². The number of carbonyl (C=O) groups excluding carboxylic acids is 1. The topological polar surface area (TPSA) is 32.3 Å². The molecule has 1 saturated heterocycles. The van der Waals surface area contributed by atoms with Crippen LogP contribution in [0.15, 0.2) is 30.3 Å². The fraction of sp³-hybridized carbons (Fsp3) is 0.222. The van der Waals surface area contributed by atoms with Crippen molar-refractivity contribution in [2.45, 2.75) is 6.42 Å². The monoisotopic (exact) mass is 186 g/mol. The Balaban J connectivity index is 0.000000845. The van der Waals surface area contributed by atoms with Crippen LogP contribution >= 0.6 is 0 Å². The normalized spacial score (nSPS) is 15.1. The molecule has 64 valence electrons. The molecule has 0 bridgehead atoms. The molecule has 0 atom stereocenters. The van der Waals surface area contributed by atoms with Crippen LogP contribution in [0.25, 0.3) is 0 Å². The molecule has 4 heteroatoms. The van der Waals surface area contributed by atoms with Crippen molar-refractivity contribution in [3.8, 4) is 0 Å². The number of nitrogens with one attached hydrogen (secondary N) is 1. The molecule has 2 rings (SSSR count). The SMILES string of the molecule is O=C1CCN(c2ccccc2)N1.[H-].[Na+]. The molecular weight excluding hydrogens is 175 g/mol. The second-order valence-electron chi connectivity index (χ2n) is 2.77. The number of anilines is 1. The van der Waals surface area contributed by atoms with E-state index in [0.29, 0.717) is 6.42 Å². The molecule has 0 aliphatic carbocycles. The van der Waals surface area contributed by atoms with Crippen molar-refractivity contribution < 1.29 is 35.8 Å². The molecule has 0 saturated carbocycles. The van der Waals surface area contributed by atoms with Crippen LogP contribution in [0.4, 0.5) is 5.69 Å². The molecule has 1 aliphatic heterocycles. The van der Waals surface area contributed by atoms with Gasteiger partial charge < -0.3 is 1.43 Å². The van der Waals surface area contributed by atoms with Crippen LogP contribution in [0.5, 0.6) is 0 Å². The molecule has 1 heterocycles. The summed E-state index contributed by atoms with van der Waals surface area (Å²) in [6, 6.07) is 9.83. The predicted octanol–water partition coefficient (Wildman–Crippen LogP) is -1.96. The molecule has 0 unspecified atom stereocenters. The van der Waals surface area contributed by atoms with Crippen molar-refractivity contribution in [2.24, 2.45) is 0 Å². The summed E-state index contributed by atoms with van der Waals surface area (Å²) in [6.45, 7) is 0.767. The van der Waals surface area contributed by atoms with E-state index in [4.69, 9.17) is 0 Å². The van der Waals surface area contributed by atoms with E-state index in [2.05, 4.69) is 5.43 Å². The Kier molecular flexibility index (Phi) is 3.78. The Morgan fingerprint density at radius 3 is 2.54 bits per heavy atom. The van der Waals surface area contributed by atoms with E-state index in [0.717, 1.165) is 12.2 Å². The fourth-order valence-electron chi connectivity index (χ4n) is 1.28. The number of nitrogens with zero attached hydrogens (tertiary/aromatic N) is 1. The van der Waals surface area contributed by atoms with E-state index in [-0.39, 0.29) is 36.9 Å². The zero-order chi connectivity index (χ0) is 8.39. The van der Waals surface area contributed by atoms with Crippen molar-refractivity contribution in [1.82, 2.24) is 5.43 Å². The maximum absolute atomic E-state index is 10.9. The van der Waals surface area contributed by atoms with Crippen molar-refractivity contribution in [1.29, 1.82) is 0 Å². The zero-order valence-corrected chi connectivity index (χ0v) is 9.66. The molecule has 0 radical (unpaired) electrons. The van der Waals surface area contributed by atoms with Gasteiger partial charge in [-0.15, -0.1) is 0 Å². The molecular formula is C9H11N2NaO. The van der Waals surface area contributed by atoms with Gasteiger partial charge in [0, 0.05) is 13.0 Å². The molecule has 1 fully saturated rings. The predicted molar refractivity (Wildman–Crippen MR) is 47.7 cm³/mol. The van der Waals surface area contributed by atoms with Crippen LogP contribution < -0.4 is 40.0 Å². The summed E-state index contributed by atoms with van der Waals surface area (Å²) in [5.41, 5.74) is 3.81. The molecule has 0 aromatic heterocycles. The smallest absolute Gasteiger partial charge is 1.00 e. The first-order valence-corrected chi connectivity index (χ1v) is 3.98. The van der Waals surface area contributed by atoms with Gasteiger partial charge in [-0.1, -0.05) is 18.2 Å². The average Bonchev–Trinajstić information content (AvgIpc) is 2.54. The third-order valence-electron chi connectivity index (χ3n) is 1.89. The minimum atomic E-state index is 0. The number of hydrogen-bond donors (Lipinski definition) is 1. The summed E-state index contributed by atoms with van der Waals surface area (Å²) in [6.07, 6.45) is 0.592. The largest absolute Gasteiger partial charge is 1.00 e. The van der Waals surface area contributed by atoms with Crippen molar-refractivity contribution in [2.75, 3.05) is 11.6 Å². The van der Waals surface area contributed by atoms with E-state index in [1.807, 2.05) is 35.3 Å². The van der Waals surface area contributed by atoms with Gasteiger partial charge in [-0.3, -0.25) is 15.2 Å². The Labute approximate surface area is 101 Å². The first kappa shape index (κ1) is 10.6. The summed E-state index contributed by atoms with van der Waals surface area (Å²) in [5, 5.41) is 1.86. The molecule has 3 nitrogen and oxygen atoms in total. The van der Waals surface area contributed by atoms with Crippen LogP contribution in [-0.4, -0.2) is 12.5 Å². The Morgan fingerprint density at radius 2 is 2.00 bits per heavy atom. The number of para-hydroxylation sites is 1. The van der Waals surface area contributed by atoms with Crippen molar-refractivity contribution in [3.63, 3.8) is 0 Å². The number of rotatable bonds is 1. The van der Waals surface area contributed by atoms with Crippen molar-refractivity contribution in [3.05, 3.63) is 30.3 Å². The minimum Gasteiger partial charge on any atom is -1.00 e. The first-order valence-electron chi connectivity index (χ1n) is 3.98. The molecule has 1 aromatic rings. The average molecular weight is 186 g/mol. The zero-order valence-electron chi connectivity index (χ0n) is 8.66. The van der Waals surface area contributed by atoms with Gasteiger partial charge >= 0.3 is 29.6 Å². The second kappa shape index (κ2) is 4.65. The quantitative estimate of drug-likeness (QED) is 0.517. The maximum atomic E-state index is 10.9. The molecule has 1 amide bonds. The van der Waals surface area contributed by atoms with Crippen molar-refractivity contribution >= 4 is 11.6 Å². The number of hydrazine groups is 1. The first-order chi connectivity index (χ1) is 5.86. The molecule has 13 heavy (non-hydrogen) atoms. The number of carbonyl (C=O) groups is 1. The Hall–Kier alpha value is -0.510. The number of benzene rings is 1. The number of hydrogen-bond acceptors (Lipinski definition) is 2.